The summed E-state index contributed by atoms with van der Waals surface area (Å²) in [5, 5.41) is 9.17. The summed E-state index contributed by atoms with van der Waals surface area (Å²) in [6, 6.07) is 0. The standard InChI is InChI=1S/C14H23NO2/c1-14(15,13(16)17)7-12-10-3-8-2-9(5-10)6-11(12)4-8/h8-12H,2-7,15H2,1H3,(H,16,17). The Hall–Kier alpha value is -0.570. The molecule has 3 heteroatoms. The third kappa shape index (κ3) is 1.88. The molecule has 3 N–H and O–H groups in total. The first-order valence-electron chi connectivity index (χ1n) is 6.98. The van der Waals surface area contributed by atoms with Crippen molar-refractivity contribution in [1.29, 1.82) is 0 Å². The molecule has 0 aromatic heterocycles. The Labute approximate surface area is 103 Å². The van der Waals surface area contributed by atoms with Crippen LogP contribution in [0, 0.1) is 29.6 Å². The molecular weight excluding hydrogens is 214 g/mol. The SMILES string of the molecule is CC(N)(CC1C2CC3CC(C2)CC1C3)C(=O)O. The average molecular weight is 237 g/mol. The van der Waals surface area contributed by atoms with E-state index in [4.69, 9.17) is 5.73 Å². The van der Waals surface area contributed by atoms with Crippen LogP contribution in [0.15, 0.2) is 0 Å². The van der Waals surface area contributed by atoms with E-state index in [-0.39, 0.29) is 0 Å². The van der Waals surface area contributed by atoms with E-state index in [9.17, 15) is 9.90 Å². The van der Waals surface area contributed by atoms with Crippen molar-refractivity contribution >= 4 is 5.97 Å². The molecule has 0 amide bonds. The summed E-state index contributed by atoms with van der Waals surface area (Å²) >= 11 is 0. The van der Waals surface area contributed by atoms with E-state index < -0.39 is 11.5 Å². The molecule has 0 aromatic rings. The lowest BCUT2D eigenvalue weighted by atomic mass is 9.50. The van der Waals surface area contributed by atoms with Gasteiger partial charge in [-0.05, 0) is 75.0 Å². The Bertz CT molecular complexity index is 309. The lowest BCUT2D eigenvalue weighted by molar-refractivity contribution is -0.145. The second-order valence-electron chi connectivity index (χ2n) is 7.02. The van der Waals surface area contributed by atoms with E-state index >= 15 is 0 Å². The fourth-order valence-electron chi connectivity index (χ4n) is 4.95. The highest BCUT2D eigenvalue weighted by Gasteiger charge is 2.50. The number of nitrogens with two attached hydrogens (primary N) is 1. The molecule has 0 radical (unpaired) electrons. The molecule has 4 rings (SSSR count). The van der Waals surface area contributed by atoms with Crippen molar-refractivity contribution in [3.63, 3.8) is 0 Å². The maximum absolute atomic E-state index is 11.2. The van der Waals surface area contributed by atoms with E-state index in [1.165, 1.54) is 32.1 Å². The first-order valence-corrected chi connectivity index (χ1v) is 6.98. The largest absolute Gasteiger partial charge is 0.480 e. The fourth-order valence-corrected chi connectivity index (χ4v) is 4.95. The Kier molecular flexibility index (Phi) is 2.51. The Balaban J connectivity index is 1.74. The van der Waals surface area contributed by atoms with Gasteiger partial charge in [-0.2, -0.15) is 0 Å². The molecule has 0 saturated heterocycles. The molecule has 96 valence electrons. The van der Waals surface area contributed by atoms with Gasteiger partial charge in [-0.3, -0.25) is 4.79 Å². The number of carboxylic acid groups (broad SMARTS) is 1. The van der Waals surface area contributed by atoms with Crippen molar-refractivity contribution in [2.45, 2.75) is 51.0 Å². The van der Waals surface area contributed by atoms with Gasteiger partial charge in [0.05, 0.1) is 0 Å². The quantitative estimate of drug-likeness (QED) is 0.791. The lowest BCUT2D eigenvalue weighted by Gasteiger charge is -2.55. The van der Waals surface area contributed by atoms with Crippen LogP contribution in [-0.4, -0.2) is 16.6 Å². The zero-order valence-corrected chi connectivity index (χ0v) is 10.6. The topological polar surface area (TPSA) is 63.3 Å². The van der Waals surface area contributed by atoms with Gasteiger partial charge in [0.1, 0.15) is 5.54 Å². The van der Waals surface area contributed by atoms with E-state index in [2.05, 4.69) is 0 Å². The van der Waals surface area contributed by atoms with Crippen molar-refractivity contribution in [2.75, 3.05) is 0 Å². The van der Waals surface area contributed by atoms with Gasteiger partial charge in [-0.15, -0.1) is 0 Å². The van der Waals surface area contributed by atoms with Crippen LogP contribution in [0.2, 0.25) is 0 Å². The van der Waals surface area contributed by atoms with Gasteiger partial charge >= 0.3 is 5.97 Å². The number of rotatable bonds is 3. The number of carboxylic acids is 1. The predicted octanol–water partition coefficient (Wildman–Crippen LogP) is 2.25. The van der Waals surface area contributed by atoms with Crippen LogP contribution in [-0.2, 0) is 4.79 Å². The van der Waals surface area contributed by atoms with Gasteiger partial charge in [-0.25, -0.2) is 0 Å². The van der Waals surface area contributed by atoms with Crippen molar-refractivity contribution in [1.82, 2.24) is 0 Å². The highest BCUT2D eigenvalue weighted by atomic mass is 16.4. The molecule has 3 nitrogen and oxygen atoms in total. The molecule has 0 aromatic carbocycles. The van der Waals surface area contributed by atoms with Crippen molar-refractivity contribution < 1.29 is 9.90 Å². The Morgan fingerprint density at radius 1 is 1.18 bits per heavy atom. The van der Waals surface area contributed by atoms with Crippen LogP contribution in [0.5, 0.6) is 0 Å². The van der Waals surface area contributed by atoms with Crippen LogP contribution < -0.4 is 5.73 Å². The summed E-state index contributed by atoms with van der Waals surface area (Å²) in [5.74, 6) is 3.17. The first-order chi connectivity index (χ1) is 7.95. The normalized spacial score (nSPS) is 46.8. The first kappa shape index (κ1) is 11.5. The predicted molar refractivity (Wildman–Crippen MR) is 65.4 cm³/mol. The summed E-state index contributed by atoms with van der Waals surface area (Å²) in [7, 11) is 0. The van der Waals surface area contributed by atoms with Crippen LogP contribution in [0.4, 0.5) is 0 Å². The van der Waals surface area contributed by atoms with Crippen LogP contribution in [0.1, 0.15) is 45.4 Å². The summed E-state index contributed by atoms with van der Waals surface area (Å²) < 4.78 is 0. The van der Waals surface area contributed by atoms with Gasteiger partial charge in [0.25, 0.3) is 0 Å². The van der Waals surface area contributed by atoms with E-state index in [0.29, 0.717) is 12.3 Å². The lowest BCUT2D eigenvalue weighted by Crippen LogP contribution is -2.52. The minimum absolute atomic E-state index is 0.578. The zero-order chi connectivity index (χ0) is 12.2. The van der Waals surface area contributed by atoms with E-state index in [1.807, 2.05) is 0 Å². The fraction of sp³-hybridized carbons (Fsp3) is 0.929. The molecule has 4 bridgehead atoms. The van der Waals surface area contributed by atoms with Crippen molar-refractivity contribution in [3.05, 3.63) is 0 Å². The molecule has 1 atom stereocenters. The molecule has 0 aliphatic heterocycles. The minimum atomic E-state index is -1.03. The monoisotopic (exact) mass is 237 g/mol. The Morgan fingerprint density at radius 3 is 2.06 bits per heavy atom. The highest BCUT2D eigenvalue weighted by molar-refractivity contribution is 5.77. The van der Waals surface area contributed by atoms with Crippen LogP contribution >= 0.6 is 0 Å². The van der Waals surface area contributed by atoms with E-state index in [0.717, 1.165) is 23.7 Å². The highest BCUT2D eigenvalue weighted by Crippen LogP contribution is 2.57. The van der Waals surface area contributed by atoms with Crippen LogP contribution in [0.3, 0.4) is 0 Å². The minimum Gasteiger partial charge on any atom is -0.480 e. The Morgan fingerprint density at radius 2 is 1.65 bits per heavy atom. The van der Waals surface area contributed by atoms with E-state index in [1.54, 1.807) is 6.92 Å². The molecule has 0 heterocycles. The number of carbonyl (C=O) groups is 1. The molecule has 17 heavy (non-hydrogen) atoms. The molecule has 4 fully saturated rings. The molecule has 1 unspecified atom stereocenters. The smallest absolute Gasteiger partial charge is 0.323 e. The zero-order valence-electron chi connectivity index (χ0n) is 10.6. The van der Waals surface area contributed by atoms with Crippen molar-refractivity contribution in [2.24, 2.45) is 35.3 Å². The third-order valence-electron chi connectivity index (χ3n) is 5.57. The summed E-state index contributed by atoms with van der Waals surface area (Å²) in [6.07, 6.45) is 7.48. The maximum Gasteiger partial charge on any atom is 0.323 e. The van der Waals surface area contributed by atoms with Gasteiger partial charge in [0, 0.05) is 0 Å². The third-order valence-corrected chi connectivity index (χ3v) is 5.57. The maximum atomic E-state index is 11.2. The van der Waals surface area contributed by atoms with Gasteiger partial charge in [-0.1, -0.05) is 0 Å². The van der Waals surface area contributed by atoms with Gasteiger partial charge < -0.3 is 10.8 Å². The number of hydrogen-bond donors (Lipinski definition) is 2. The number of aliphatic carboxylic acids is 1. The van der Waals surface area contributed by atoms with Gasteiger partial charge in [0.15, 0.2) is 0 Å². The van der Waals surface area contributed by atoms with Crippen LogP contribution in [0.25, 0.3) is 0 Å². The average Bonchev–Trinajstić information content (AvgIpc) is 2.22. The molecule has 4 aliphatic carbocycles. The summed E-state index contributed by atoms with van der Waals surface area (Å²) in [6.45, 7) is 1.68. The number of hydrogen-bond acceptors (Lipinski definition) is 2. The molecule has 0 spiro atoms. The van der Waals surface area contributed by atoms with Crippen molar-refractivity contribution in [3.8, 4) is 0 Å². The second-order valence-corrected chi connectivity index (χ2v) is 7.02. The second kappa shape index (κ2) is 3.71. The molecule has 4 saturated carbocycles. The summed E-state index contributed by atoms with van der Waals surface area (Å²) in [5.41, 5.74) is 4.91. The molecular formula is C14H23NO2. The van der Waals surface area contributed by atoms with Gasteiger partial charge in [0.2, 0.25) is 0 Å². The molecule has 4 aliphatic rings. The summed E-state index contributed by atoms with van der Waals surface area (Å²) in [4.78, 5) is 11.2.